The van der Waals surface area contributed by atoms with Crippen molar-refractivity contribution in [3.8, 4) is 11.4 Å². The van der Waals surface area contributed by atoms with Crippen LogP contribution in [0.4, 0.5) is 17.6 Å². The number of nitrogens with zero attached hydrogens (tertiary/aromatic N) is 5. The van der Waals surface area contributed by atoms with Crippen LogP contribution in [-0.4, -0.2) is 54.3 Å². The summed E-state index contributed by atoms with van der Waals surface area (Å²) in [6.45, 7) is 8.86. The molecule has 0 bridgehead atoms. The predicted molar refractivity (Wildman–Crippen MR) is 96.3 cm³/mol. The summed E-state index contributed by atoms with van der Waals surface area (Å²) in [5.74, 6) is 2.06. The number of aromatic nitrogens is 3. The Kier molecular flexibility index (Phi) is 5.10. The maximum absolute atomic E-state index is 5.92. The number of hydrogen-bond acceptors (Lipinski definition) is 7. The number of benzene rings is 1. The summed E-state index contributed by atoms with van der Waals surface area (Å²) >= 11 is 0. The first-order chi connectivity index (χ1) is 11.7. The molecule has 0 spiro atoms. The lowest BCUT2D eigenvalue weighted by atomic mass is 10.2. The van der Waals surface area contributed by atoms with Crippen LogP contribution in [0, 0.1) is 0 Å². The van der Waals surface area contributed by atoms with Crippen LogP contribution in [0.25, 0.3) is 11.4 Å². The molecule has 3 rings (SSSR count). The van der Waals surface area contributed by atoms with Crippen molar-refractivity contribution in [1.82, 2.24) is 15.0 Å². The molecule has 2 aromatic rings. The number of morpholine rings is 1. The Labute approximate surface area is 142 Å². The van der Waals surface area contributed by atoms with Crippen molar-refractivity contribution in [2.45, 2.75) is 13.8 Å². The second-order valence-corrected chi connectivity index (χ2v) is 5.66. The first-order valence-corrected chi connectivity index (χ1v) is 8.41. The molecule has 0 radical (unpaired) electrons. The quantitative estimate of drug-likeness (QED) is 0.838. The van der Waals surface area contributed by atoms with Gasteiger partial charge in [-0.2, -0.15) is 15.0 Å². The highest BCUT2D eigenvalue weighted by atomic mass is 16.5. The van der Waals surface area contributed by atoms with Crippen molar-refractivity contribution < 1.29 is 4.74 Å². The van der Waals surface area contributed by atoms with Gasteiger partial charge in [0.15, 0.2) is 5.82 Å². The summed E-state index contributed by atoms with van der Waals surface area (Å²) in [4.78, 5) is 18.3. The van der Waals surface area contributed by atoms with E-state index < -0.39 is 0 Å². The highest BCUT2D eigenvalue weighted by molar-refractivity contribution is 5.63. The van der Waals surface area contributed by atoms with E-state index in [9.17, 15) is 0 Å². The number of hydrogen-bond donors (Lipinski definition) is 1. The lowest BCUT2D eigenvalue weighted by Gasteiger charge is -2.28. The summed E-state index contributed by atoms with van der Waals surface area (Å²) in [6.07, 6.45) is 0. The fourth-order valence-electron chi connectivity index (χ4n) is 2.71. The average molecular weight is 328 g/mol. The molecule has 24 heavy (non-hydrogen) atoms. The van der Waals surface area contributed by atoms with Crippen LogP contribution in [0.5, 0.6) is 0 Å². The van der Waals surface area contributed by atoms with E-state index in [1.54, 1.807) is 0 Å². The van der Waals surface area contributed by atoms with Gasteiger partial charge in [0.1, 0.15) is 0 Å². The highest BCUT2D eigenvalue weighted by Crippen LogP contribution is 2.23. The predicted octanol–water partition coefficient (Wildman–Crippen LogP) is 1.80. The monoisotopic (exact) mass is 328 g/mol. The molecule has 0 saturated carbocycles. The van der Waals surface area contributed by atoms with Crippen LogP contribution in [0.3, 0.4) is 0 Å². The molecule has 0 amide bonds. The van der Waals surface area contributed by atoms with Gasteiger partial charge in [0.2, 0.25) is 11.9 Å². The summed E-state index contributed by atoms with van der Waals surface area (Å²) in [5.41, 5.74) is 7.52. The average Bonchev–Trinajstić information content (AvgIpc) is 2.63. The molecule has 0 atom stereocenters. The first-order valence-electron chi connectivity index (χ1n) is 8.41. The van der Waals surface area contributed by atoms with Crippen molar-refractivity contribution >= 4 is 17.6 Å². The minimum Gasteiger partial charge on any atom is -0.399 e. The first kappa shape index (κ1) is 16.4. The third kappa shape index (κ3) is 3.56. The van der Waals surface area contributed by atoms with E-state index >= 15 is 0 Å². The van der Waals surface area contributed by atoms with Crippen LogP contribution in [0.2, 0.25) is 0 Å². The molecule has 1 fully saturated rings. The van der Waals surface area contributed by atoms with Gasteiger partial charge >= 0.3 is 0 Å². The summed E-state index contributed by atoms with van der Waals surface area (Å²) in [6, 6.07) is 7.64. The third-order valence-corrected chi connectivity index (χ3v) is 4.10. The Morgan fingerprint density at radius 1 is 1.12 bits per heavy atom. The van der Waals surface area contributed by atoms with Gasteiger partial charge in [-0.15, -0.1) is 0 Å². The Morgan fingerprint density at radius 2 is 1.88 bits per heavy atom. The van der Waals surface area contributed by atoms with Crippen LogP contribution in [0.15, 0.2) is 24.3 Å². The molecule has 1 aromatic carbocycles. The second-order valence-electron chi connectivity index (χ2n) is 5.66. The normalized spacial score (nSPS) is 14.7. The van der Waals surface area contributed by atoms with E-state index in [0.717, 1.165) is 31.7 Å². The molecule has 7 nitrogen and oxygen atoms in total. The van der Waals surface area contributed by atoms with E-state index in [0.29, 0.717) is 36.6 Å². The van der Waals surface area contributed by atoms with Crippen LogP contribution < -0.4 is 15.5 Å². The fraction of sp³-hybridized carbons (Fsp3) is 0.471. The smallest absolute Gasteiger partial charge is 0.230 e. The zero-order valence-corrected chi connectivity index (χ0v) is 14.3. The number of nitrogen functional groups attached to an aromatic ring is 1. The number of rotatable bonds is 5. The summed E-state index contributed by atoms with van der Waals surface area (Å²) in [5, 5.41) is 0. The zero-order chi connectivity index (χ0) is 16.9. The minimum atomic E-state index is 0.653. The Balaban J connectivity index is 2.05. The number of nitrogens with two attached hydrogens (primary N) is 1. The highest BCUT2D eigenvalue weighted by Gasteiger charge is 2.19. The van der Waals surface area contributed by atoms with Gasteiger partial charge < -0.3 is 20.3 Å². The maximum Gasteiger partial charge on any atom is 0.230 e. The lowest BCUT2D eigenvalue weighted by Crippen LogP contribution is -2.38. The molecular formula is C17H24N6O. The van der Waals surface area contributed by atoms with Crippen molar-refractivity contribution in [2.24, 2.45) is 0 Å². The van der Waals surface area contributed by atoms with E-state index in [-0.39, 0.29) is 0 Å². The summed E-state index contributed by atoms with van der Waals surface area (Å²) in [7, 11) is 0. The van der Waals surface area contributed by atoms with E-state index in [1.807, 2.05) is 24.3 Å². The summed E-state index contributed by atoms with van der Waals surface area (Å²) < 4.78 is 5.43. The largest absolute Gasteiger partial charge is 0.399 e. The zero-order valence-electron chi connectivity index (χ0n) is 14.3. The molecule has 2 N–H and O–H groups in total. The fourth-order valence-corrected chi connectivity index (χ4v) is 2.71. The Hall–Kier alpha value is -2.41. The molecule has 2 heterocycles. The molecule has 1 aliphatic heterocycles. The van der Waals surface area contributed by atoms with E-state index in [4.69, 9.17) is 10.5 Å². The second kappa shape index (κ2) is 7.44. The molecular weight excluding hydrogens is 304 g/mol. The van der Waals surface area contributed by atoms with Gasteiger partial charge in [0.05, 0.1) is 13.2 Å². The van der Waals surface area contributed by atoms with Gasteiger partial charge in [-0.3, -0.25) is 0 Å². The molecule has 1 aromatic heterocycles. The van der Waals surface area contributed by atoms with Crippen LogP contribution in [-0.2, 0) is 4.74 Å². The molecule has 0 unspecified atom stereocenters. The SMILES string of the molecule is CCN(CC)c1nc(-c2cccc(N)c2)nc(N2CCOCC2)n1. The molecule has 1 aliphatic rings. The van der Waals surface area contributed by atoms with Crippen LogP contribution in [0.1, 0.15) is 13.8 Å². The van der Waals surface area contributed by atoms with E-state index in [2.05, 4.69) is 38.6 Å². The number of ether oxygens (including phenoxy) is 1. The molecule has 1 saturated heterocycles. The van der Waals surface area contributed by atoms with Crippen molar-refractivity contribution in [1.29, 1.82) is 0 Å². The van der Waals surface area contributed by atoms with Crippen LogP contribution >= 0.6 is 0 Å². The van der Waals surface area contributed by atoms with Crippen molar-refractivity contribution in [2.75, 3.05) is 54.9 Å². The Morgan fingerprint density at radius 3 is 2.54 bits per heavy atom. The van der Waals surface area contributed by atoms with Gasteiger partial charge in [-0.25, -0.2) is 0 Å². The topological polar surface area (TPSA) is 80.4 Å². The van der Waals surface area contributed by atoms with Crippen molar-refractivity contribution in [3.63, 3.8) is 0 Å². The van der Waals surface area contributed by atoms with Gasteiger partial charge in [-0.05, 0) is 26.0 Å². The minimum absolute atomic E-state index is 0.653. The maximum atomic E-state index is 5.92. The van der Waals surface area contributed by atoms with Gasteiger partial charge in [-0.1, -0.05) is 12.1 Å². The third-order valence-electron chi connectivity index (χ3n) is 4.10. The molecule has 128 valence electrons. The van der Waals surface area contributed by atoms with Crippen molar-refractivity contribution in [3.05, 3.63) is 24.3 Å². The standard InChI is InChI=1S/C17H24N6O/c1-3-22(4-2)16-19-15(13-6-5-7-14(18)12-13)20-17(21-16)23-8-10-24-11-9-23/h5-7,12H,3-4,8-11,18H2,1-2H3. The molecule has 0 aliphatic carbocycles. The van der Waals surface area contributed by atoms with Gasteiger partial charge in [0.25, 0.3) is 0 Å². The molecule has 7 heteroatoms. The van der Waals surface area contributed by atoms with E-state index in [1.165, 1.54) is 0 Å². The van der Waals surface area contributed by atoms with Gasteiger partial charge in [0, 0.05) is 37.4 Å². The Bertz CT molecular complexity index is 683. The lowest BCUT2D eigenvalue weighted by molar-refractivity contribution is 0.122. The number of anilines is 3.